The minimum Gasteiger partial charge on any atom is -0.497 e. The first-order valence-corrected chi connectivity index (χ1v) is 10.8. The molecule has 0 spiro atoms. The van der Waals surface area contributed by atoms with Crippen molar-refractivity contribution in [1.82, 2.24) is 5.32 Å². The molecule has 1 amide bonds. The lowest BCUT2D eigenvalue weighted by Gasteiger charge is -2.30. The van der Waals surface area contributed by atoms with Crippen LogP contribution in [0.25, 0.3) is 0 Å². The fraction of sp³-hybridized carbons (Fsp3) is 0.381. The number of amides is 1. The molecule has 28 heavy (non-hydrogen) atoms. The average molecular weight is 405 g/mol. The molecule has 2 aromatic rings. The van der Waals surface area contributed by atoms with Crippen LogP contribution >= 0.6 is 7.60 Å². The third-order valence-electron chi connectivity index (χ3n) is 3.77. The number of methoxy groups -OCH3 is 1. The van der Waals surface area contributed by atoms with Gasteiger partial charge in [0.05, 0.1) is 19.3 Å². The summed E-state index contributed by atoms with van der Waals surface area (Å²) in [5.41, 5.74) is 1.07. The van der Waals surface area contributed by atoms with Crippen LogP contribution in [0, 0.1) is 0 Å². The molecule has 0 saturated heterocycles. The molecule has 2 aromatic carbocycles. The van der Waals surface area contributed by atoms with Gasteiger partial charge in [-0.3, -0.25) is 9.36 Å². The quantitative estimate of drug-likeness (QED) is 0.583. The third kappa shape index (κ3) is 5.93. The van der Waals surface area contributed by atoms with Gasteiger partial charge in [-0.15, -0.1) is 0 Å². The highest BCUT2D eigenvalue weighted by molar-refractivity contribution is 7.54. The maximum atomic E-state index is 13.7. The summed E-state index contributed by atoms with van der Waals surface area (Å²) in [7, 11) is -2.15. The highest BCUT2D eigenvalue weighted by atomic mass is 31.2. The Balaban J connectivity index is 2.40. The fourth-order valence-corrected chi connectivity index (χ4v) is 4.95. The Bertz CT molecular complexity index is 791. The van der Waals surface area contributed by atoms with E-state index >= 15 is 0 Å². The molecular formula is C21H28NO5P. The van der Waals surface area contributed by atoms with Gasteiger partial charge < -0.3 is 19.1 Å². The molecule has 2 rings (SSSR count). The molecule has 0 aromatic heterocycles. The van der Waals surface area contributed by atoms with Gasteiger partial charge in [-0.25, -0.2) is 0 Å². The van der Waals surface area contributed by atoms with E-state index in [0.29, 0.717) is 16.9 Å². The molecule has 0 aliphatic heterocycles. The molecule has 0 bridgehead atoms. The molecule has 0 radical (unpaired) electrons. The standard InChI is InChI=1S/C21H28NO5P/c1-15(2)26-28(24,27-16(3)4)21(18-9-7-6-8-10-18)22-20(23)17-11-13-19(25-5)14-12-17/h6-16,21H,1-5H3,(H,22,23). The van der Waals surface area contributed by atoms with E-state index in [4.69, 9.17) is 13.8 Å². The Labute approximate surface area is 166 Å². The van der Waals surface area contributed by atoms with Gasteiger partial charge in [0.25, 0.3) is 5.91 Å². The molecule has 0 heterocycles. The number of hydrogen-bond acceptors (Lipinski definition) is 5. The van der Waals surface area contributed by atoms with Crippen LogP contribution in [0.1, 0.15) is 49.4 Å². The van der Waals surface area contributed by atoms with Crippen LogP contribution in [0.15, 0.2) is 54.6 Å². The Morgan fingerprint density at radius 2 is 1.43 bits per heavy atom. The summed E-state index contributed by atoms with van der Waals surface area (Å²) in [4.78, 5) is 12.9. The Morgan fingerprint density at radius 1 is 0.893 bits per heavy atom. The van der Waals surface area contributed by atoms with Gasteiger partial charge in [-0.2, -0.15) is 0 Å². The van der Waals surface area contributed by atoms with E-state index in [1.807, 2.05) is 18.2 Å². The van der Waals surface area contributed by atoms with Gasteiger partial charge in [0.15, 0.2) is 5.78 Å². The number of rotatable bonds is 9. The topological polar surface area (TPSA) is 73.9 Å². The van der Waals surface area contributed by atoms with Crippen molar-refractivity contribution in [2.45, 2.75) is 45.7 Å². The largest absolute Gasteiger partial charge is 0.497 e. The maximum absolute atomic E-state index is 13.7. The van der Waals surface area contributed by atoms with Crippen molar-refractivity contribution < 1.29 is 23.1 Å². The molecule has 6 nitrogen and oxygen atoms in total. The van der Waals surface area contributed by atoms with Crippen molar-refractivity contribution in [2.75, 3.05) is 7.11 Å². The van der Waals surface area contributed by atoms with Crippen LogP contribution in [0.2, 0.25) is 0 Å². The molecule has 0 aliphatic carbocycles. The summed E-state index contributed by atoms with van der Waals surface area (Å²) in [5, 5.41) is 2.85. The summed E-state index contributed by atoms with van der Waals surface area (Å²) in [6.07, 6.45) is -0.678. The lowest BCUT2D eigenvalue weighted by molar-refractivity contribution is 0.0919. The van der Waals surface area contributed by atoms with Crippen molar-refractivity contribution in [3.05, 3.63) is 65.7 Å². The van der Waals surface area contributed by atoms with Crippen molar-refractivity contribution in [1.29, 1.82) is 0 Å². The normalized spacial score (nSPS) is 12.8. The minimum absolute atomic E-state index is 0.339. The number of hydrogen-bond donors (Lipinski definition) is 1. The number of carbonyl (C=O) groups is 1. The van der Waals surface area contributed by atoms with E-state index in [2.05, 4.69) is 5.32 Å². The molecule has 1 atom stereocenters. The predicted octanol–water partition coefficient (Wildman–Crippen LogP) is 5.17. The molecule has 0 aliphatic rings. The van der Waals surface area contributed by atoms with Crippen LogP contribution in [0.5, 0.6) is 5.75 Å². The number of ether oxygens (including phenoxy) is 1. The van der Waals surface area contributed by atoms with Crippen LogP contribution in [-0.2, 0) is 13.6 Å². The molecule has 7 heteroatoms. The van der Waals surface area contributed by atoms with E-state index in [9.17, 15) is 9.36 Å². The van der Waals surface area contributed by atoms with E-state index in [-0.39, 0.29) is 18.1 Å². The lowest BCUT2D eigenvalue weighted by Crippen LogP contribution is -2.31. The van der Waals surface area contributed by atoms with Gasteiger partial charge in [0.2, 0.25) is 0 Å². The van der Waals surface area contributed by atoms with Gasteiger partial charge >= 0.3 is 7.60 Å². The van der Waals surface area contributed by atoms with Gasteiger partial charge in [-0.1, -0.05) is 30.3 Å². The Morgan fingerprint density at radius 3 is 1.89 bits per heavy atom. The molecule has 152 valence electrons. The van der Waals surface area contributed by atoms with Gasteiger partial charge in [0, 0.05) is 5.56 Å². The number of benzene rings is 2. The molecular weight excluding hydrogens is 377 g/mol. The highest BCUT2D eigenvalue weighted by Crippen LogP contribution is 2.61. The minimum atomic E-state index is -3.71. The van der Waals surface area contributed by atoms with Crippen molar-refractivity contribution in [3.63, 3.8) is 0 Å². The second-order valence-corrected chi connectivity index (χ2v) is 8.88. The smallest absolute Gasteiger partial charge is 0.357 e. The fourth-order valence-electron chi connectivity index (χ4n) is 2.66. The summed E-state index contributed by atoms with van der Waals surface area (Å²) < 4.78 is 30.3. The van der Waals surface area contributed by atoms with Crippen molar-refractivity contribution in [3.8, 4) is 5.75 Å². The van der Waals surface area contributed by atoms with E-state index in [0.717, 1.165) is 0 Å². The monoisotopic (exact) mass is 405 g/mol. The summed E-state index contributed by atoms with van der Waals surface area (Å²) >= 11 is 0. The SMILES string of the molecule is COc1ccc(C(=O)NC(c2ccccc2)P(=O)(OC(C)C)OC(C)C)cc1. The summed E-state index contributed by atoms with van der Waals surface area (Å²) in [6, 6.07) is 15.7. The summed E-state index contributed by atoms with van der Waals surface area (Å²) in [6.45, 7) is 7.13. The lowest BCUT2D eigenvalue weighted by atomic mass is 10.2. The Kier molecular flexibility index (Phi) is 7.81. The predicted molar refractivity (Wildman–Crippen MR) is 110 cm³/mol. The van der Waals surface area contributed by atoms with Crippen molar-refractivity contribution in [2.24, 2.45) is 0 Å². The van der Waals surface area contributed by atoms with Gasteiger partial charge in [-0.05, 0) is 57.5 Å². The third-order valence-corrected chi connectivity index (χ3v) is 6.26. The zero-order valence-electron chi connectivity index (χ0n) is 16.9. The van der Waals surface area contributed by atoms with Gasteiger partial charge in [0.1, 0.15) is 5.75 Å². The second kappa shape index (κ2) is 9.87. The molecule has 1 unspecified atom stereocenters. The van der Waals surface area contributed by atoms with E-state index < -0.39 is 13.4 Å². The molecule has 1 N–H and O–H groups in total. The number of nitrogens with one attached hydrogen (secondary N) is 1. The average Bonchev–Trinajstić information content (AvgIpc) is 2.65. The first kappa shape index (κ1) is 22.2. The Hall–Kier alpha value is -2.14. The second-order valence-electron chi connectivity index (χ2n) is 6.86. The van der Waals surface area contributed by atoms with Crippen LogP contribution < -0.4 is 10.1 Å². The highest BCUT2D eigenvalue weighted by Gasteiger charge is 2.40. The van der Waals surface area contributed by atoms with Crippen LogP contribution in [0.3, 0.4) is 0 Å². The zero-order chi connectivity index (χ0) is 20.7. The maximum Gasteiger partial charge on any atom is 0.357 e. The van der Waals surface area contributed by atoms with Crippen LogP contribution in [-0.4, -0.2) is 25.2 Å². The first-order valence-electron chi connectivity index (χ1n) is 9.21. The van der Waals surface area contributed by atoms with E-state index in [1.165, 1.54) is 0 Å². The number of carbonyl (C=O) groups excluding carboxylic acids is 1. The first-order chi connectivity index (χ1) is 13.2. The van der Waals surface area contributed by atoms with Crippen LogP contribution in [0.4, 0.5) is 0 Å². The zero-order valence-corrected chi connectivity index (χ0v) is 17.8. The van der Waals surface area contributed by atoms with Crippen molar-refractivity contribution >= 4 is 13.5 Å². The summed E-state index contributed by atoms with van der Waals surface area (Å²) in [5.74, 6) is -0.669. The molecule has 0 fully saturated rings. The molecule has 0 saturated carbocycles. The van der Waals surface area contributed by atoms with E-state index in [1.54, 1.807) is 71.2 Å².